The van der Waals surface area contributed by atoms with Crippen molar-refractivity contribution < 1.29 is 9.32 Å². The number of hydrogen-bond donors (Lipinski definition) is 1. The molecule has 0 atom stereocenters. The zero-order chi connectivity index (χ0) is 15.2. The number of hydrogen-bond acceptors (Lipinski definition) is 4. The summed E-state index contributed by atoms with van der Waals surface area (Å²) in [6.07, 6.45) is 4.49. The van der Waals surface area contributed by atoms with E-state index in [1.807, 2.05) is 42.5 Å². The summed E-state index contributed by atoms with van der Waals surface area (Å²) in [5.74, 6) is 0.954. The third-order valence-corrected chi connectivity index (χ3v) is 3.20. The molecular formula is C17H15N3O2. The Bertz CT molecular complexity index is 739. The van der Waals surface area contributed by atoms with Gasteiger partial charge in [0.2, 0.25) is 5.91 Å². The molecule has 0 saturated heterocycles. The van der Waals surface area contributed by atoms with Crippen molar-refractivity contribution in [3.05, 3.63) is 66.5 Å². The third-order valence-electron chi connectivity index (χ3n) is 3.20. The second-order valence-corrected chi connectivity index (χ2v) is 4.85. The standard InChI is InChI=1S/C17H15N3O2/c21-17(9-8-13-5-4-10-18-12-13)19-16-11-15(22-20-16)14-6-2-1-3-7-14/h1-7,10-12H,8-9H2,(H,19,20,21). The molecule has 3 aromatic rings. The fourth-order valence-corrected chi connectivity index (χ4v) is 2.08. The molecule has 0 aliphatic carbocycles. The Hall–Kier alpha value is -2.95. The van der Waals surface area contributed by atoms with E-state index in [1.54, 1.807) is 18.5 Å². The summed E-state index contributed by atoms with van der Waals surface area (Å²) in [7, 11) is 0. The van der Waals surface area contributed by atoms with Crippen molar-refractivity contribution in [2.24, 2.45) is 0 Å². The Kier molecular flexibility index (Phi) is 4.25. The van der Waals surface area contributed by atoms with Crippen molar-refractivity contribution in [3.8, 4) is 11.3 Å². The lowest BCUT2D eigenvalue weighted by Gasteiger charge is -2.01. The lowest BCUT2D eigenvalue weighted by atomic mass is 10.1. The summed E-state index contributed by atoms with van der Waals surface area (Å²) < 4.78 is 5.24. The van der Waals surface area contributed by atoms with Gasteiger partial charge in [-0.3, -0.25) is 9.78 Å². The topological polar surface area (TPSA) is 68.0 Å². The number of aromatic nitrogens is 2. The van der Waals surface area contributed by atoms with E-state index in [4.69, 9.17) is 4.52 Å². The van der Waals surface area contributed by atoms with E-state index in [2.05, 4.69) is 15.5 Å². The van der Waals surface area contributed by atoms with Crippen LogP contribution in [-0.2, 0) is 11.2 Å². The fourth-order valence-electron chi connectivity index (χ4n) is 2.08. The summed E-state index contributed by atoms with van der Waals surface area (Å²) in [6.45, 7) is 0. The second kappa shape index (κ2) is 6.67. The minimum atomic E-state index is -0.100. The zero-order valence-electron chi connectivity index (χ0n) is 11.9. The summed E-state index contributed by atoms with van der Waals surface area (Å²) in [5, 5.41) is 6.61. The van der Waals surface area contributed by atoms with Gasteiger partial charge in [0.25, 0.3) is 0 Å². The molecule has 110 valence electrons. The molecule has 5 nitrogen and oxygen atoms in total. The SMILES string of the molecule is O=C(CCc1cccnc1)Nc1cc(-c2ccccc2)on1. The van der Waals surface area contributed by atoms with Crippen LogP contribution in [-0.4, -0.2) is 16.0 Å². The molecule has 3 rings (SSSR count). The fraction of sp³-hybridized carbons (Fsp3) is 0.118. The van der Waals surface area contributed by atoms with Gasteiger partial charge in [0.05, 0.1) is 0 Å². The maximum absolute atomic E-state index is 11.9. The van der Waals surface area contributed by atoms with E-state index in [0.29, 0.717) is 24.4 Å². The van der Waals surface area contributed by atoms with Crippen LogP contribution in [0.2, 0.25) is 0 Å². The third kappa shape index (κ3) is 3.58. The molecule has 2 heterocycles. The van der Waals surface area contributed by atoms with Crippen LogP contribution in [0.1, 0.15) is 12.0 Å². The van der Waals surface area contributed by atoms with Crippen molar-refractivity contribution in [1.82, 2.24) is 10.1 Å². The van der Waals surface area contributed by atoms with Gasteiger partial charge >= 0.3 is 0 Å². The van der Waals surface area contributed by atoms with Gasteiger partial charge in [-0.2, -0.15) is 0 Å². The molecule has 0 radical (unpaired) electrons. The normalized spacial score (nSPS) is 10.4. The van der Waals surface area contributed by atoms with Gasteiger partial charge in [0, 0.05) is 30.4 Å². The van der Waals surface area contributed by atoms with Crippen molar-refractivity contribution >= 4 is 11.7 Å². The average Bonchev–Trinajstić information content (AvgIpc) is 3.03. The largest absolute Gasteiger partial charge is 0.354 e. The molecule has 0 aliphatic rings. The van der Waals surface area contributed by atoms with Crippen LogP contribution in [0.4, 0.5) is 5.82 Å². The smallest absolute Gasteiger partial charge is 0.225 e. The highest BCUT2D eigenvalue weighted by Crippen LogP contribution is 2.21. The minimum absolute atomic E-state index is 0.100. The Labute approximate surface area is 128 Å². The molecule has 0 saturated carbocycles. The number of nitrogens with one attached hydrogen (secondary N) is 1. The van der Waals surface area contributed by atoms with Crippen LogP contribution in [0.25, 0.3) is 11.3 Å². The summed E-state index contributed by atoms with van der Waals surface area (Å²) in [5.41, 5.74) is 1.95. The summed E-state index contributed by atoms with van der Waals surface area (Å²) in [4.78, 5) is 15.9. The number of benzene rings is 1. The number of carbonyl (C=O) groups excluding carboxylic acids is 1. The van der Waals surface area contributed by atoms with E-state index in [1.165, 1.54) is 0 Å². The highest BCUT2D eigenvalue weighted by atomic mass is 16.5. The molecule has 1 amide bonds. The monoisotopic (exact) mass is 293 g/mol. The number of pyridine rings is 1. The van der Waals surface area contributed by atoms with Gasteiger partial charge < -0.3 is 9.84 Å². The Morgan fingerprint density at radius 3 is 2.77 bits per heavy atom. The molecule has 1 N–H and O–H groups in total. The van der Waals surface area contributed by atoms with Gasteiger partial charge in [-0.25, -0.2) is 0 Å². The first-order chi connectivity index (χ1) is 10.8. The Morgan fingerprint density at radius 1 is 1.14 bits per heavy atom. The molecule has 1 aromatic carbocycles. The first kappa shape index (κ1) is 14.0. The predicted octanol–water partition coefficient (Wildman–Crippen LogP) is 3.31. The molecule has 0 spiro atoms. The molecule has 0 fully saturated rings. The van der Waals surface area contributed by atoms with Crippen molar-refractivity contribution in [2.45, 2.75) is 12.8 Å². The van der Waals surface area contributed by atoms with Crippen LogP contribution >= 0.6 is 0 Å². The maximum Gasteiger partial charge on any atom is 0.225 e. The van der Waals surface area contributed by atoms with Crippen LogP contribution in [0.5, 0.6) is 0 Å². The quantitative estimate of drug-likeness (QED) is 0.783. The van der Waals surface area contributed by atoms with Gasteiger partial charge in [-0.15, -0.1) is 0 Å². The summed E-state index contributed by atoms with van der Waals surface area (Å²) >= 11 is 0. The molecular weight excluding hydrogens is 278 g/mol. The Morgan fingerprint density at radius 2 is 2.00 bits per heavy atom. The van der Waals surface area contributed by atoms with Crippen molar-refractivity contribution in [2.75, 3.05) is 5.32 Å². The number of aryl methyl sites for hydroxylation is 1. The second-order valence-electron chi connectivity index (χ2n) is 4.85. The average molecular weight is 293 g/mol. The Balaban J connectivity index is 1.57. The van der Waals surface area contributed by atoms with E-state index >= 15 is 0 Å². The number of anilines is 1. The van der Waals surface area contributed by atoms with E-state index < -0.39 is 0 Å². The van der Waals surface area contributed by atoms with Crippen LogP contribution < -0.4 is 5.32 Å². The van der Waals surface area contributed by atoms with Crippen LogP contribution in [0, 0.1) is 0 Å². The lowest BCUT2D eigenvalue weighted by molar-refractivity contribution is -0.116. The van der Waals surface area contributed by atoms with Gasteiger partial charge in [0.15, 0.2) is 11.6 Å². The highest BCUT2D eigenvalue weighted by Gasteiger charge is 2.09. The first-order valence-electron chi connectivity index (χ1n) is 7.02. The number of carbonyl (C=O) groups is 1. The molecule has 2 aromatic heterocycles. The number of rotatable bonds is 5. The summed E-state index contributed by atoms with van der Waals surface area (Å²) in [6, 6.07) is 15.1. The molecule has 22 heavy (non-hydrogen) atoms. The molecule has 0 aliphatic heterocycles. The van der Waals surface area contributed by atoms with Gasteiger partial charge in [-0.1, -0.05) is 41.6 Å². The molecule has 0 bridgehead atoms. The van der Waals surface area contributed by atoms with Crippen molar-refractivity contribution in [1.29, 1.82) is 0 Å². The predicted molar refractivity (Wildman–Crippen MR) is 83.1 cm³/mol. The molecule has 5 heteroatoms. The molecule has 0 unspecified atom stereocenters. The first-order valence-corrected chi connectivity index (χ1v) is 7.02. The minimum Gasteiger partial charge on any atom is -0.354 e. The zero-order valence-corrected chi connectivity index (χ0v) is 11.9. The number of amides is 1. The lowest BCUT2D eigenvalue weighted by Crippen LogP contribution is -2.12. The highest BCUT2D eigenvalue weighted by molar-refractivity contribution is 5.90. The van der Waals surface area contributed by atoms with E-state index in [0.717, 1.165) is 11.1 Å². The van der Waals surface area contributed by atoms with Crippen molar-refractivity contribution in [3.63, 3.8) is 0 Å². The van der Waals surface area contributed by atoms with Gasteiger partial charge in [-0.05, 0) is 18.1 Å². The van der Waals surface area contributed by atoms with E-state index in [-0.39, 0.29) is 5.91 Å². The van der Waals surface area contributed by atoms with Crippen LogP contribution in [0.3, 0.4) is 0 Å². The number of nitrogens with zero attached hydrogens (tertiary/aromatic N) is 2. The van der Waals surface area contributed by atoms with E-state index in [9.17, 15) is 4.79 Å². The van der Waals surface area contributed by atoms with Crippen LogP contribution in [0.15, 0.2) is 65.4 Å². The van der Waals surface area contributed by atoms with Gasteiger partial charge in [0.1, 0.15) is 0 Å². The maximum atomic E-state index is 11.9.